The first-order chi connectivity index (χ1) is 8.84. The first kappa shape index (κ1) is 12.8. The van der Waals surface area contributed by atoms with Crippen molar-refractivity contribution in [2.45, 2.75) is 11.3 Å². The zero-order valence-corrected chi connectivity index (χ0v) is 10.9. The highest BCUT2D eigenvalue weighted by atomic mass is 32.2. The zero-order valence-electron chi connectivity index (χ0n) is 10.1. The van der Waals surface area contributed by atoms with Crippen molar-refractivity contribution < 1.29 is 4.74 Å². The van der Waals surface area contributed by atoms with Gasteiger partial charge >= 0.3 is 0 Å². The third-order valence-electron chi connectivity index (χ3n) is 2.33. The lowest BCUT2D eigenvalue weighted by Crippen LogP contribution is -1.98. The largest absolute Gasteiger partial charge is 0.494 e. The molecule has 0 saturated heterocycles. The number of nitrogen functional groups attached to an aromatic ring is 1. The molecular formula is C14H16N2OS. The van der Waals surface area contributed by atoms with Crippen LogP contribution in [0.1, 0.15) is 6.42 Å². The molecule has 2 rings (SSSR count). The summed E-state index contributed by atoms with van der Waals surface area (Å²) < 4.78 is 5.61. The molecule has 0 bridgehead atoms. The van der Waals surface area contributed by atoms with Gasteiger partial charge in [-0.2, -0.15) is 0 Å². The highest BCUT2D eigenvalue weighted by molar-refractivity contribution is 7.99. The molecule has 18 heavy (non-hydrogen) atoms. The first-order valence-corrected chi connectivity index (χ1v) is 6.85. The van der Waals surface area contributed by atoms with Crippen LogP contribution in [-0.4, -0.2) is 17.3 Å². The number of pyridine rings is 1. The average Bonchev–Trinajstić information content (AvgIpc) is 2.42. The van der Waals surface area contributed by atoms with Crippen LogP contribution in [0.3, 0.4) is 0 Å². The molecular weight excluding hydrogens is 244 g/mol. The lowest BCUT2D eigenvalue weighted by Gasteiger charge is -2.05. The summed E-state index contributed by atoms with van der Waals surface area (Å²) >= 11 is 1.77. The number of benzene rings is 1. The molecule has 1 heterocycles. The molecule has 0 atom stereocenters. The van der Waals surface area contributed by atoms with Gasteiger partial charge in [-0.25, -0.2) is 4.98 Å². The van der Waals surface area contributed by atoms with Crippen LogP contribution in [0.5, 0.6) is 5.75 Å². The van der Waals surface area contributed by atoms with Gasteiger partial charge in [0.05, 0.1) is 6.61 Å². The van der Waals surface area contributed by atoms with Gasteiger partial charge in [0.25, 0.3) is 0 Å². The minimum Gasteiger partial charge on any atom is -0.494 e. The van der Waals surface area contributed by atoms with E-state index in [0.29, 0.717) is 5.82 Å². The molecule has 2 N–H and O–H groups in total. The van der Waals surface area contributed by atoms with Crippen molar-refractivity contribution in [3.05, 3.63) is 48.7 Å². The van der Waals surface area contributed by atoms with E-state index in [1.54, 1.807) is 18.0 Å². The molecule has 4 heteroatoms. The summed E-state index contributed by atoms with van der Waals surface area (Å²) in [7, 11) is 0. The van der Waals surface area contributed by atoms with Crippen molar-refractivity contribution in [2.75, 3.05) is 18.1 Å². The second-order valence-corrected chi connectivity index (χ2v) is 4.95. The Morgan fingerprint density at radius 3 is 2.67 bits per heavy atom. The molecule has 0 aliphatic heterocycles. The quantitative estimate of drug-likeness (QED) is 0.640. The van der Waals surface area contributed by atoms with Gasteiger partial charge in [-0.3, -0.25) is 0 Å². The van der Waals surface area contributed by atoms with Crippen molar-refractivity contribution in [1.82, 2.24) is 4.98 Å². The summed E-state index contributed by atoms with van der Waals surface area (Å²) in [4.78, 5) is 5.19. The number of para-hydroxylation sites is 1. The fourth-order valence-electron chi connectivity index (χ4n) is 1.43. The van der Waals surface area contributed by atoms with Crippen LogP contribution < -0.4 is 10.5 Å². The van der Waals surface area contributed by atoms with Gasteiger partial charge in [0.1, 0.15) is 11.6 Å². The van der Waals surface area contributed by atoms with E-state index in [4.69, 9.17) is 10.5 Å². The summed E-state index contributed by atoms with van der Waals surface area (Å²) in [6.07, 6.45) is 2.81. The Morgan fingerprint density at radius 2 is 1.94 bits per heavy atom. The van der Waals surface area contributed by atoms with E-state index in [0.717, 1.165) is 29.4 Å². The van der Waals surface area contributed by atoms with E-state index in [2.05, 4.69) is 4.98 Å². The van der Waals surface area contributed by atoms with Crippen molar-refractivity contribution in [3.63, 3.8) is 0 Å². The van der Waals surface area contributed by atoms with E-state index in [1.807, 2.05) is 42.5 Å². The van der Waals surface area contributed by atoms with Crippen molar-refractivity contribution in [2.24, 2.45) is 0 Å². The lowest BCUT2D eigenvalue weighted by atomic mass is 10.3. The second-order valence-electron chi connectivity index (χ2n) is 3.78. The fraction of sp³-hybridized carbons (Fsp3) is 0.214. The van der Waals surface area contributed by atoms with Crippen molar-refractivity contribution >= 4 is 17.6 Å². The number of hydrogen-bond donors (Lipinski definition) is 1. The molecule has 0 unspecified atom stereocenters. The smallest absolute Gasteiger partial charge is 0.123 e. The Hall–Kier alpha value is -1.68. The Labute approximate surface area is 111 Å². The molecule has 1 aromatic carbocycles. The summed E-state index contributed by atoms with van der Waals surface area (Å²) in [5.41, 5.74) is 5.53. The highest BCUT2D eigenvalue weighted by Crippen LogP contribution is 2.18. The number of nitrogens with two attached hydrogens (primary N) is 1. The first-order valence-electron chi connectivity index (χ1n) is 5.87. The SMILES string of the molecule is Nc1ccc(SCCCOc2ccccc2)cn1. The number of rotatable bonds is 6. The zero-order chi connectivity index (χ0) is 12.6. The summed E-state index contributed by atoms with van der Waals surface area (Å²) in [6, 6.07) is 13.7. The number of hydrogen-bond acceptors (Lipinski definition) is 4. The monoisotopic (exact) mass is 260 g/mol. The number of aromatic nitrogens is 1. The van der Waals surface area contributed by atoms with Gasteiger partial charge in [0.15, 0.2) is 0 Å². The summed E-state index contributed by atoms with van der Waals surface area (Å²) in [5.74, 6) is 2.50. The molecule has 0 amide bonds. The van der Waals surface area contributed by atoms with Crippen molar-refractivity contribution in [1.29, 1.82) is 0 Å². The van der Waals surface area contributed by atoms with Gasteiger partial charge in [-0.05, 0) is 30.7 Å². The molecule has 0 aliphatic rings. The predicted molar refractivity (Wildman–Crippen MR) is 75.9 cm³/mol. The fourth-order valence-corrected chi connectivity index (χ4v) is 2.22. The Morgan fingerprint density at radius 1 is 1.11 bits per heavy atom. The topological polar surface area (TPSA) is 48.1 Å². The Kier molecular flexibility index (Phi) is 4.90. The standard InChI is InChI=1S/C14H16N2OS/c15-14-8-7-13(11-16-14)18-10-4-9-17-12-5-2-1-3-6-12/h1-3,5-8,11H,4,9-10H2,(H2,15,16). The predicted octanol–water partition coefficient (Wildman–Crippen LogP) is 3.23. The van der Waals surface area contributed by atoms with E-state index in [-0.39, 0.29) is 0 Å². The molecule has 0 saturated carbocycles. The van der Waals surface area contributed by atoms with Crippen LogP contribution in [0.15, 0.2) is 53.6 Å². The van der Waals surface area contributed by atoms with E-state index in [9.17, 15) is 0 Å². The van der Waals surface area contributed by atoms with Crippen LogP contribution in [-0.2, 0) is 0 Å². The maximum atomic E-state index is 5.61. The van der Waals surface area contributed by atoms with Crippen LogP contribution in [0.4, 0.5) is 5.82 Å². The molecule has 1 aromatic heterocycles. The molecule has 94 valence electrons. The number of thioether (sulfide) groups is 1. The van der Waals surface area contributed by atoms with Gasteiger partial charge in [0.2, 0.25) is 0 Å². The van der Waals surface area contributed by atoms with Crippen LogP contribution in [0.2, 0.25) is 0 Å². The average molecular weight is 260 g/mol. The molecule has 3 nitrogen and oxygen atoms in total. The van der Waals surface area contributed by atoms with Crippen LogP contribution in [0, 0.1) is 0 Å². The third kappa shape index (κ3) is 4.30. The van der Waals surface area contributed by atoms with Crippen molar-refractivity contribution in [3.8, 4) is 5.75 Å². The minimum absolute atomic E-state index is 0.562. The van der Waals surface area contributed by atoms with Crippen LogP contribution >= 0.6 is 11.8 Å². The second kappa shape index (κ2) is 6.91. The molecule has 0 radical (unpaired) electrons. The third-order valence-corrected chi connectivity index (χ3v) is 3.40. The molecule has 2 aromatic rings. The maximum absolute atomic E-state index is 5.61. The Balaban J connectivity index is 1.63. The minimum atomic E-state index is 0.562. The summed E-state index contributed by atoms with van der Waals surface area (Å²) in [5, 5.41) is 0. The number of ether oxygens (including phenoxy) is 1. The van der Waals surface area contributed by atoms with Gasteiger partial charge in [0, 0.05) is 16.8 Å². The molecule has 0 spiro atoms. The molecule has 0 aliphatic carbocycles. The number of nitrogens with zero attached hydrogens (tertiary/aromatic N) is 1. The lowest BCUT2D eigenvalue weighted by molar-refractivity contribution is 0.319. The van der Waals surface area contributed by atoms with Gasteiger partial charge in [-0.15, -0.1) is 11.8 Å². The van der Waals surface area contributed by atoms with Gasteiger partial charge < -0.3 is 10.5 Å². The highest BCUT2D eigenvalue weighted by Gasteiger charge is 1.96. The number of anilines is 1. The molecule has 0 fully saturated rings. The van der Waals surface area contributed by atoms with E-state index < -0.39 is 0 Å². The van der Waals surface area contributed by atoms with E-state index in [1.165, 1.54) is 0 Å². The van der Waals surface area contributed by atoms with Gasteiger partial charge in [-0.1, -0.05) is 18.2 Å². The Bertz CT molecular complexity index is 459. The summed E-state index contributed by atoms with van der Waals surface area (Å²) in [6.45, 7) is 0.736. The van der Waals surface area contributed by atoms with Crippen LogP contribution in [0.25, 0.3) is 0 Å². The maximum Gasteiger partial charge on any atom is 0.123 e. The van der Waals surface area contributed by atoms with E-state index >= 15 is 0 Å². The normalized spacial score (nSPS) is 10.2.